The number of phenols is 1. The predicted octanol–water partition coefficient (Wildman–Crippen LogP) is 4.22. The quantitative estimate of drug-likeness (QED) is 0.535. The molecule has 132 valence electrons. The van der Waals surface area contributed by atoms with Gasteiger partial charge in [0, 0.05) is 22.6 Å². The van der Waals surface area contributed by atoms with Gasteiger partial charge in [-0.15, -0.1) is 0 Å². The van der Waals surface area contributed by atoms with E-state index >= 15 is 0 Å². The smallest absolute Gasteiger partial charge is 0.272 e. The predicted molar refractivity (Wildman–Crippen MR) is 103 cm³/mol. The second kappa shape index (κ2) is 7.45. The van der Waals surface area contributed by atoms with E-state index in [9.17, 15) is 9.90 Å². The van der Waals surface area contributed by atoms with E-state index in [1.165, 1.54) is 6.21 Å². The van der Waals surface area contributed by atoms with Gasteiger partial charge in [-0.05, 0) is 56.3 Å². The van der Waals surface area contributed by atoms with Gasteiger partial charge in [-0.25, -0.2) is 5.43 Å². The minimum absolute atomic E-state index is 0.0883. The molecule has 2 N–H and O–H groups in total. The van der Waals surface area contributed by atoms with Gasteiger partial charge in [0.2, 0.25) is 0 Å². The molecule has 0 aliphatic rings. The van der Waals surface area contributed by atoms with Crippen molar-refractivity contribution in [3.63, 3.8) is 0 Å². The zero-order valence-electron chi connectivity index (χ0n) is 14.4. The van der Waals surface area contributed by atoms with Crippen LogP contribution in [0, 0.1) is 13.8 Å². The average Bonchev–Trinajstić information content (AvgIpc) is 2.95. The summed E-state index contributed by atoms with van der Waals surface area (Å²) in [6, 6.07) is 16.0. The molecule has 5 nitrogen and oxygen atoms in total. The first kappa shape index (κ1) is 17.8. The van der Waals surface area contributed by atoms with E-state index in [0.717, 1.165) is 17.1 Å². The van der Waals surface area contributed by atoms with Gasteiger partial charge in [-0.3, -0.25) is 4.79 Å². The molecule has 1 amide bonds. The van der Waals surface area contributed by atoms with Crippen molar-refractivity contribution < 1.29 is 9.90 Å². The van der Waals surface area contributed by atoms with Crippen LogP contribution in [0.15, 0.2) is 59.7 Å². The highest BCUT2D eigenvalue weighted by molar-refractivity contribution is 6.34. The van der Waals surface area contributed by atoms with Gasteiger partial charge in [-0.2, -0.15) is 5.10 Å². The Bertz CT molecular complexity index is 973. The lowest BCUT2D eigenvalue weighted by Crippen LogP contribution is -2.18. The molecule has 0 aliphatic carbocycles. The first-order valence-corrected chi connectivity index (χ1v) is 8.41. The molecule has 0 unspecified atom stereocenters. The van der Waals surface area contributed by atoms with E-state index in [1.54, 1.807) is 36.4 Å². The van der Waals surface area contributed by atoms with Gasteiger partial charge in [-0.1, -0.05) is 23.7 Å². The molecule has 0 spiro atoms. The molecule has 3 aromatic rings. The van der Waals surface area contributed by atoms with Crippen molar-refractivity contribution in [3.05, 3.63) is 82.1 Å². The van der Waals surface area contributed by atoms with Crippen LogP contribution in [0.1, 0.15) is 27.3 Å². The van der Waals surface area contributed by atoms with Crippen molar-refractivity contribution in [1.82, 2.24) is 9.99 Å². The molecule has 26 heavy (non-hydrogen) atoms. The molecule has 0 saturated heterocycles. The highest BCUT2D eigenvalue weighted by Gasteiger charge is 2.12. The van der Waals surface area contributed by atoms with Crippen molar-refractivity contribution in [1.29, 1.82) is 0 Å². The molecule has 3 rings (SSSR count). The Hall–Kier alpha value is -3.05. The third kappa shape index (κ3) is 3.63. The van der Waals surface area contributed by atoms with Gasteiger partial charge in [0.25, 0.3) is 5.91 Å². The minimum Gasteiger partial charge on any atom is -0.507 e. The van der Waals surface area contributed by atoms with Crippen LogP contribution in [-0.4, -0.2) is 21.8 Å². The lowest BCUT2D eigenvalue weighted by atomic mass is 10.2. The fourth-order valence-corrected chi connectivity index (χ4v) is 2.98. The number of benzene rings is 2. The topological polar surface area (TPSA) is 66.6 Å². The van der Waals surface area contributed by atoms with Crippen molar-refractivity contribution in [2.75, 3.05) is 0 Å². The van der Waals surface area contributed by atoms with Crippen LogP contribution in [-0.2, 0) is 0 Å². The Kier molecular flexibility index (Phi) is 5.09. The van der Waals surface area contributed by atoms with Gasteiger partial charge in [0.15, 0.2) is 0 Å². The van der Waals surface area contributed by atoms with Crippen LogP contribution in [0.2, 0.25) is 5.02 Å². The summed E-state index contributed by atoms with van der Waals surface area (Å²) in [6.07, 6.45) is 1.38. The molecule has 6 heteroatoms. The number of aryl methyl sites for hydroxylation is 2. The number of carbonyl (C=O) groups excluding carboxylic acids is 1. The maximum absolute atomic E-state index is 12.3. The van der Waals surface area contributed by atoms with Gasteiger partial charge in [0.1, 0.15) is 5.75 Å². The molecule has 1 heterocycles. The number of nitrogens with zero attached hydrogens (tertiary/aromatic N) is 2. The highest BCUT2D eigenvalue weighted by Crippen LogP contribution is 2.23. The molecule has 1 aromatic heterocycles. The summed E-state index contributed by atoms with van der Waals surface area (Å²) in [6.45, 7) is 4.02. The number of hydrazone groups is 1. The summed E-state index contributed by atoms with van der Waals surface area (Å²) in [7, 11) is 0. The maximum Gasteiger partial charge on any atom is 0.272 e. The third-order valence-corrected chi connectivity index (χ3v) is 4.35. The zero-order chi connectivity index (χ0) is 18.7. The highest BCUT2D eigenvalue weighted by atomic mass is 35.5. The van der Waals surface area contributed by atoms with Crippen LogP contribution in [0.3, 0.4) is 0 Å². The summed E-state index contributed by atoms with van der Waals surface area (Å²) in [5.74, 6) is -0.334. The number of hydrogen-bond donors (Lipinski definition) is 2. The largest absolute Gasteiger partial charge is 0.507 e. The average molecular weight is 368 g/mol. The second-order valence-corrected chi connectivity index (χ2v) is 6.28. The fourth-order valence-electron chi connectivity index (χ4n) is 2.72. The molecule has 0 fully saturated rings. The minimum atomic E-state index is -0.422. The second-order valence-electron chi connectivity index (χ2n) is 5.87. The number of para-hydroxylation sites is 1. The summed E-state index contributed by atoms with van der Waals surface area (Å²) in [5.41, 5.74) is 6.32. The number of nitrogens with one attached hydrogen (secondary N) is 1. The molecule has 2 aromatic carbocycles. The summed E-state index contributed by atoms with van der Waals surface area (Å²) in [4.78, 5) is 12.3. The molecule has 0 atom stereocenters. The Balaban J connectivity index is 1.77. The summed E-state index contributed by atoms with van der Waals surface area (Å²) in [5, 5.41) is 13.9. The molecule has 0 aliphatic heterocycles. The van der Waals surface area contributed by atoms with Crippen molar-refractivity contribution >= 4 is 23.7 Å². The number of rotatable bonds is 4. The van der Waals surface area contributed by atoms with Gasteiger partial charge in [0.05, 0.1) is 16.8 Å². The van der Waals surface area contributed by atoms with E-state index < -0.39 is 5.91 Å². The first-order valence-electron chi connectivity index (χ1n) is 8.03. The van der Waals surface area contributed by atoms with Crippen LogP contribution in [0.5, 0.6) is 5.75 Å². The normalized spacial score (nSPS) is 11.0. The van der Waals surface area contributed by atoms with E-state index in [-0.39, 0.29) is 5.75 Å². The number of phenolic OH excluding ortho intramolecular Hbond substituents is 1. The summed E-state index contributed by atoms with van der Waals surface area (Å²) >= 11 is 6.30. The fraction of sp³-hybridized carbons (Fsp3) is 0.100. The molecular formula is C20H18ClN3O2. The van der Waals surface area contributed by atoms with E-state index in [4.69, 9.17) is 11.6 Å². The van der Waals surface area contributed by atoms with Gasteiger partial charge < -0.3 is 9.67 Å². The van der Waals surface area contributed by atoms with E-state index in [2.05, 4.69) is 15.1 Å². The SMILES string of the molecule is Cc1ccc(C)n1-c1ccc(C(=O)N/N=C\c2ccccc2O)c(Cl)c1. The van der Waals surface area contributed by atoms with Gasteiger partial charge >= 0.3 is 0 Å². The van der Waals surface area contributed by atoms with Crippen molar-refractivity contribution in [2.45, 2.75) is 13.8 Å². The summed E-state index contributed by atoms with van der Waals surface area (Å²) < 4.78 is 2.06. The number of hydrogen-bond acceptors (Lipinski definition) is 3. The van der Waals surface area contributed by atoms with E-state index in [1.807, 2.05) is 32.0 Å². The molecule has 0 radical (unpaired) electrons. The lowest BCUT2D eigenvalue weighted by Gasteiger charge is -2.11. The number of aromatic nitrogens is 1. The van der Waals surface area contributed by atoms with Crippen LogP contribution < -0.4 is 5.43 Å². The Morgan fingerprint density at radius 1 is 1.12 bits per heavy atom. The number of aromatic hydroxyl groups is 1. The van der Waals surface area contributed by atoms with E-state index in [0.29, 0.717) is 16.1 Å². The molecule has 0 bridgehead atoms. The van der Waals surface area contributed by atoms with Crippen molar-refractivity contribution in [3.8, 4) is 11.4 Å². The maximum atomic E-state index is 12.3. The van der Waals surface area contributed by atoms with Crippen LogP contribution in [0.4, 0.5) is 0 Å². The number of halogens is 1. The molecule has 0 saturated carbocycles. The Labute approximate surface area is 156 Å². The first-order chi connectivity index (χ1) is 12.5. The number of amides is 1. The number of carbonyl (C=O) groups is 1. The molecular weight excluding hydrogens is 350 g/mol. The van der Waals surface area contributed by atoms with Crippen molar-refractivity contribution in [2.24, 2.45) is 5.10 Å². The van der Waals surface area contributed by atoms with Crippen LogP contribution in [0.25, 0.3) is 5.69 Å². The Morgan fingerprint density at radius 3 is 2.46 bits per heavy atom. The lowest BCUT2D eigenvalue weighted by molar-refractivity contribution is 0.0955. The standard InChI is InChI=1S/C20H18ClN3O2/c1-13-7-8-14(2)24(13)16-9-10-17(18(21)11-16)20(26)23-22-12-15-5-3-4-6-19(15)25/h3-12,25H,1-2H3,(H,23,26)/b22-12-. The third-order valence-electron chi connectivity index (χ3n) is 4.03. The zero-order valence-corrected chi connectivity index (χ0v) is 15.2. The Morgan fingerprint density at radius 2 is 1.81 bits per heavy atom. The monoisotopic (exact) mass is 367 g/mol. The van der Waals surface area contributed by atoms with Crippen LogP contribution >= 0.6 is 11.6 Å².